The Kier molecular flexibility index (Phi) is 3.79. The highest BCUT2D eigenvalue weighted by atomic mass is 35.5. The average molecular weight is 319 g/mol. The number of thioether (sulfide) groups is 1. The highest BCUT2D eigenvalue weighted by molar-refractivity contribution is 8.18. The second-order valence-electron chi connectivity index (χ2n) is 3.43. The molecular weight excluding hydrogens is 315 g/mol. The summed E-state index contributed by atoms with van der Waals surface area (Å²) in [5, 5.41) is 12.4. The van der Waals surface area contributed by atoms with Crippen molar-refractivity contribution in [2.45, 2.75) is 0 Å². The van der Waals surface area contributed by atoms with Crippen LogP contribution in [0.15, 0.2) is 17.0 Å². The molecule has 0 aliphatic carbocycles. The van der Waals surface area contributed by atoms with Gasteiger partial charge in [-0.15, -0.1) is 0 Å². The second kappa shape index (κ2) is 5.20. The minimum Gasteiger partial charge on any atom is -0.282 e. The van der Waals surface area contributed by atoms with Crippen molar-refractivity contribution in [1.82, 2.24) is 5.32 Å². The Hall–Kier alpha value is -1.57. The highest BCUT2D eigenvalue weighted by Crippen LogP contribution is 2.34. The smallest absolute Gasteiger partial charge is 0.282 e. The van der Waals surface area contributed by atoms with Gasteiger partial charge < -0.3 is 0 Å². The van der Waals surface area contributed by atoms with Gasteiger partial charge in [0.25, 0.3) is 16.8 Å². The lowest BCUT2D eigenvalue weighted by molar-refractivity contribution is -0.384. The summed E-state index contributed by atoms with van der Waals surface area (Å²) in [5.41, 5.74) is -0.0854. The lowest BCUT2D eigenvalue weighted by Gasteiger charge is -2.01. The molecule has 0 radical (unpaired) electrons. The maximum Gasteiger partial charge on any atom is 0.290 e. The Morgan fingerprint density at radius 2 is 1.95 bits per heavy atom. The average Bonchev–Trinajstić information content (AvgIpc) is 2.60. The molecule has 1 heterocycles. The molecule has 0 aromatic heterocycles. The van der Waals surface area contributed by atoms with Crippen molar-refractivity contribution < 1.29 is 14.5 Å². The second-order valence-corrected chi connectivity index (χ2v) is 5.26. The maximum absolute atomic E-state index is 11.4. The van der Waals surface area contributed by atoms with Gasteiger partial charge in [0.05, 0.1) is 9.83 Å². The van der Waals surface area contributed by atoms with Gasteiger partial charge in [-0.1, -0.05) is 23.2 Å². The molecule has 6 nitrogen and oxygen atoms in total. The van der Waals surface area contributed by atoms with E-state index in [4.69, 9.17) is 23.2 Å². The Morgan fingerprint density at radius 3 is 2.47 bits per heavy atom. The SMILES string of the molecule is O=C1NC(=O)/C(=C\c2cc([N+](=O)[O-])c(Cl)cc2Cl)S1. The summed E-state index contributed by atoms with van der Waals surface area (Å²) in [6.45, 7) is 0. The van der Waals surface area contributed by atoms with Crippen LogP contribution >= 0.6 is 35.0 Å². The molecule has 19 heavy (non-hydrogen) atoms. The van der Waals surface area contributed by atoms with Crippen molar-refractivity contribution in [3.05, 3.63) is 42.8 Å². The van der Waals surface area contributed by atoms with E-state index in [-0.39, 0.29) is 26.2 Å². The maximum atomic E-state index is 11.4. The number of imide groups is 1. The molecule has 1 aliphatic heterocycles. The third-order valence-electron chi connectivity index (χ3n) is 2.19. The lowest BCUT2D eigenvalue weighted by atomic mass is 10.2. The molecule has 1 fully saturated rings. The van der Waals surface area contributed by atoms with Gasteiger partial charge >= 0.3 is 0 Å². The third-order valence-corrected chi connectivity index (χ3v) is 3.63. The number of rotatable bonds is 2. The number of nitro benzene ring substituents is 1. The normalized spacial score (nSPS) is 16.8. The molecule has 1 N–H and O–H groups in total. The number of hydrogen-bond donors (Lipinski definition) is 1. The van der Waals surface area contributed by atoms with Gasteiger partial charge in [0.2, 0.25) is 0 Å². The van der Waals surface area contributed by atoms with E-state index in [0.29, 0.717) is 11.8 Å². The zero-order valence-electron chi connectivity index (χ0n) is 8.98. The topological polar surface area (TPSA) is 89.3 Å². The van der Waals surface area contributed by atoms with E-state index in [0.717, 1.165) is 6.07 Å². The number of nitrogens with one attached hydrogen (secondary N) is 1. The van der Waals surface area contributed by atoms with Gasteiger partial charge in [0, 0.05) is 16.7 Å². The number of nitro groups is 1. The molecule has 0 atom stereocenters. The summed E-state index contributed by atoms with van der Waals surface area (Å²) in [7, 11) is 0. The van der Waals surface area contributed by atoms with E-state index >= 15 is 0 Å². The summed E-state index contributed by atoms with van der Waals surface area (Å²) in [4.78, 5) is 32.6. The van der Waals surface area contributed by atoms with Gasteiger partial charge in [0.15, 0.2) is 0 Å². The molecular formula is C10H4Cl2N2O4S. The summed E-state index contributed by atoms with van der Waals surface area (Å²) >= 11 is 12.3. The first-order chi connectivity index (χ1) is 8.88. The minimum atomic E-state index is -0.659. The standard InChI is InChI=1S/C10H4Cl2N2O4S/c11-5-3-6(12)7(14(17)18)1-4(5)2-8-9(15)13-10(16)19-8/h1-3H,(H,13,15,16)/b8-2+. The summed E-state index contributed by atoms with van der Waals surface area (Å²) in [5.74, 6) is -0.566. The van der Waals surface area contributed by atoms with Crippen molar-refractivity contribution in [1.29, 1.82) is 0 Å². The first kappa shape index (κ1) is 13.9. The predicted octanol–water partition coefficient (Wildman–Crippen LogP) is 3.23. The van der Waals surface area contributed by atoms with Crippen molar-refractivity contribution in [2.24, 2.45) is 0 Å². The number of nitrogens with zero attached hydrogens (tertiary/aromatic N) is 1. The molecule has 0 bridgehead atoms. The monoisotopic (exact) mass is 318 g/mol. The van der Waals surface area contributed by atoms with Crippen LogP contribution < -0.4 is 5.32 Å². The molecule has 0 unspecified atom stereocenters. The highest BCUT2D eigenvalue weighted by Gasteiger charge is 2.26. The van der Waals surface area contributed by atoms with Crippen LogP contribution in [0.3, 0.4) is 0 Å². The summed E-state index contributed by atoms with van der Waals surface area (Å²) < 4.78 is 0. The van der Waals surface area contributed by atoms with Crippen molar-refractivity contribution in [2.75, 3.05) is 0 Å². The molecule has 9 heteroatoms. The zero-order chi connectivity index (χ0) is 14.2. The molecule has 2 amide bonds. The Bertz CT molecular complexity index is 645. The van der Waals surface area contributed by atoms with Crippen molar-refractivity contribution in [3.63, 3.8) is 0 Å². The predicted molar refractivity (Wildman–Crippen MR) is 72.2 cm³/mol. The Morgan fingerprint density at radius 1 is 1.26 bits per heavy atom. The molecule has 1 aliphatic rings. The van der Waals surface area contributed by atoms with Crippen LogP contribution in [0.5, 0.6) is 0 Å². The van der Waals surface area contributed by atoms with Gasteiger partial charge in [-0.25, -0.2) is 0 Å². The quantitative estimate of drug-likeness (QED) is 0.513. The van der Waals surface area contributed by atoms with Gasteiger partial charge in [0.1, 0.15) is 5.02 Å². The first-order valence-corrected chi connectivity index (χ1v) is 6.34. The molecule has 0 saturated carbocycles. The first-order valence-electron chi connectivity index (χ1n) is 4.77. The molecule has 98 valence electrons. The number of amides is 2. The fraction of sp³-hybridized carbons (Fsp3) is 0. The minimum absolute atomic E-state index is 0.100. The van der Waals surface area contributed by atoms with Crippen LogP contribution in [0.4, 0.5) is 10.5 Å². The van der Waals surface area contributed by atoms with Gasteiger partial charge in [-0.2, -0.15) is 0 Å². The fourth-order valence-electron chi connectivity index (χ4n) is 1.37. The van der Waals surface area contributed by atoms with Crippen molar-refractivity contribution >= 4 is 57.9 Å². The number of hydrogen-bond acceptors (Lipinski definition) is 5. The van der Waals surface area contributed by atoms with E-state index in [1.165, 1.54) is 12.1 Å². The van der Waals surface area contributed by atoms with E-state index in [9.17, 15) is 19.7 Å². The molecule has 1 aromatic rings. The molecule has 1 aromatic carbocycles. The largest absolute Gasteiger partial charge is 0.290 e. The Balaban J connectivity index is 2.49. The van der Waals surface area contributed by atoms with E-state index in [1.54, 1.807) is 0 Å². The van der Waals surface area contributed by atoms with Crippen LogP contribution in [0, 0.1) is 10.1 Å². The fourth-order valence-corrected chi connectivity index (χ4v) is 2.55. The van der Waals surface area contributed by atoms with E-state index < -0.39 is 16.1 Å². The zero-order valence-corrected chi connectivity index (χ0v) is 11.3. The molecule has 1 saturated heterocycles. The lowest BCUT2D eigenvalue weighted by Crippen LogP contribution is -2.17. The van der Waals surface area contributed by atoms with Crippen LogP contribution in [-0.2, 0) is 4.79 Å². The van der Waals surface area contributed by atoms with E-state index in [2.05, 4.69) is 5.32 Å². The van der Waals surface area contributed by atoms with Crippen molar-refractivity contribution in [3.8, 4) is 0 Å². The Labute approximate surface area is 120 Å². The van der Waals surface area contributed by atoms with Crippen LogP contribution in [-0.4, -0.2) is 16.1 Å². The number of benzene rings is 1. The van der Waals surface area contributed by atoms with Gasteiger partial charge in [-0.3, -0.25) is 25.0 Å². The third kappa shape index (κ3) is 2.89. The number of halogens is 2. The van der Waals surface area contributed by atoms with Gasteiger partial charge in [-0.05, 0) is 23.9 Å². The van der Waals surface area contributed by atoms with Crippen LogP contribution in [0.1, 0.15) is 5.56 Å². The van der Waals surface area contributed by atoms with Crippen LogP contribution in [0.25, 0.3) is 6.08 Å². The van der Waals surface area contributed by atoms with Crippen LogP contribution in [0.2, 0.25) is 10.0 Å². The molecule has 0 spiro atoms. The molecule has 2 rings (SSSR count). The summed E-state index contributed by atoms with van der Waals surface area (Å²) in [6.07, 6.45) is 1.30. The number of carbonyl (C=O) groups excluding carboxylic acids is 2. The summed E-state index contributed by atoms with van der Waals surface area (Å²) in [6, 6.07) is 2.36. The number of carbonyl (C=O) groups is 2. The van der Waals surface area contributed by atoms with E-state index in [1.807, 2.05) is 0 Å².